The van der Waals surface area contributed by atoms with Crippen molar-refractivity contribution in [3.8, 4) is 5.69 Å². The maximum Gasteiger partial charge on any atom is 0.330 e. The van der Waals surface area contributed by atoms with Gasteiger partial charge in [-0.05, 0) is 30.4 Å². The molecule has 0 radical (unpaired) electrons. The molecule has 1 aromatic carbocycles. The summed E-state index contributed by atoms with van der Waals surface area (Å²) in [6.07, 6.45) is 2.11. The van der Waals surface area contributed by atoms with Crippen LogP contribution in [0.5, 0.6) is 0 Å². The fraction of sp³-hybridized carbons (Fsp3) is 0.267. The van der Waals surface area contributed by atoms with Crippen molar-refractivity contribution in [3.63, 3.8) is 0 Å². The zero-order valence-corrected chi connectivity index (χ0v) is 12.5. The van der Waals surface area contributed by atoms with E-state index in [9.17, 15) is 14.7 Å². The largest absolute Gasteiger partial charge is 0.479 e. The summed E-state index contributed by atoms with van der Waals surface area (Å²) in [4.78, 5) is 23.8. The van der Waals surface area contributed by atoms with Crippen molar-refractivity contribution in [2.75, 3.05) is 11.5 Å². The predicted molar refractivity (Wildman–Crippen MR) is 83.3 cm³/mol. The van der Waals surface area contributed by atoms with Crippen molar-refractivity contribution in [1.29, 1.82) is 0 Å². The summed E-state index contributed by atoms with van der Waals surface area (Å²) in [5.41, 5.74) is -0.134. The zero-order chi connectivity index (χ0) is 15.6. The molecule has 1 amide bonds. The van der Waals surface area contributed by atoms with Crippen molar-refractivity contribution >= 4 is 23.6 Å². The standard InChI is InChI=1S/C15H15N3O3S/c19-13(16-15(14(20)21)7-9-22-10-15)12-6-8-18(17-12)11-4-2-1-3-5-11/h1-6,8H,7,9-10H2,(H,16,19)(H,20,21). The lowest BCUT2D eigenvalue weighted by molar-refractivity contribution is -0.143. The molecule has 2 aromatic rings. The zero-order valence-electron chi connectivity index (χ0n) is 11.7. The van der Waals surface area contributed by atoms with Gasteiger partial charge in [0.2, 0.25) is 0 Å². The highest BCUT2D eigenvalue weighted by molar-refractivity contribution is 7.99. The summed E-state index contributed by atoms with van der Waals surface area (Å²) in [5, 5.41) is 16.2. The SMILES string of the molecule is O=C(NC1(C(=O)O)CCSC1)c1ccn(-c2ccccc2)n1. The molecule has 0 bridgehead atoms. The predicted octanol–water partition coefficient (Wildman–Crippen LogP) is 1.56. The second-order valence-corrected chi connectivity index (χ2v) is 6.23. The van der Waals surface area contributed by atoms with Crippen LogP contribution in [0.25, 0.3) is 5.69 Å². The number of carbonyl (C=O) groups excluding carboxylic acids is 1. The molecule has 7 heteroatoms. The summed E-state index contributed by atoms with van der Waals surface area (Å²) in [6, 6.07) is 11.0. The molecule has 1 aromatic heterocycles. The number of para-hydroxylation sites is 1. The van der Waals surface area contributed by atoms with Crippen LogP contribution in [0.3, 0.4) is 0 Å². The highest BCUT2D eigenvalue weighted by Crippen LogP contribution is 2.28. The molecule has 2 heterocycles. The van der Waals surface area contributed by atoms with Crippen molar-refractivity contribution in [3.05, 3.63) is 48.3 Å². The first kappa shape index (κ1) is 14.6. The number of hydrogen-bond donors (Lipinski definition) is 2. The number of hydrogen-bond acceptors (Lipinski definition) is 4. The van der Waals surface area contributed by atoms with E-state index in [0.717, 1.165) is 11.4 Å². The van der Waals surface area contributed by atoms with Gasteiger partial charge in [0.05, 0.1) is 5.69 Å². The monoisotopic (exact) mass is 317 g/mol. The molecule has 1 aliphatic heterocycles. The molecule has 3 rings (SSSR count). The Morgan fingerprint density at radius 1 is 1.27 bits per heavy atom. The summed E-state index contributed by atoms with van der Waals surface area (Å²) >= 11 is 1.53. The Balaban J connectivity index is 1.79. The van der Waals surface area contributed by atoms with Crippen LogP contribution < -0.4 is 5.32 Å². The van der Waals surface area contributed by atoms with E-state index in [1.807, 2.05) is 30.3 Å². The van der Waals surface area contributed by atoms with Gasteiger partial charge < -0.3 is 10.4 Å². The summed E-state index contributed by atoms with van der Waals surface area (Å²) < 4.78 is 1.59. The molecule has 1 atom stereocenters. The molecule has 6 nitrogen and oxygen atoms in total. The van der Waals surface area contributed by atoms with Crippen LogP contribution in [-0.2, 0) is 4.79 Å². The van der Waals surface area contributed by atoms with E-state index in [1.165, 1.54) is 11.8 Å². The third kappa shape index (κ3) is 2.71. The van der Waals surface area contributed by atoms with Crippen molar-refractivity contribution in [1.82, 2.24) is 15.1 Å². The molecule has 1 saturated heterocycles. The summed E-state index contributed by atoms with van der Waals surface area (Å²) in [7, 11) is 0. The number of carbonyl (C=O) groups is 2. The average molecular weight is 317 g/mol. The van der Waals surface area contributed by atoms with E-state index in [-0.39, 0.29) is 5.69 Å². The second-order valence-electron chi connectivity index (χ2n) is 5.13. The Morgan fingerprint density at radius 2 is 2.05 bits per heavy atom. The van der Waals surface area contributed by atoms with E-state index in [2.05, 4.69) is 10.4 Å². The number of aliphatic carboxylic acids is 1. The lowest BCUT2D eigenvalue weighted by Gasteiger charge is -2.23. The number of nitrogens with one attached hydrogen (secondary N) is 1. The third-order valence-electron chi connectivity index (χ3n) is 3.63. The van der Waals surface area contributed by atoms with Crippen molar-refractivity contribution in [2.45, 2.75) is 12.0 Å². The molecule has 1 unspecified atom stereocenters. The normalized spacial score (nSPS) is 20.7. The second kappa shape index (κ2) is 5.84. The highest BCUT2D eigenvalue weighted by atomic mass is 32.2. The number of thioether (sulfide) groups is 1. The van der Waals surface area contributed by atoms with E-state index in [4.69, 9.17) is 0 Å². The molecule has 1 aliphatic rings. The van der Waals surface area contributed by atoms with Gasteiger partial charge in [0.1, 0.15) is 5.54 Å². The minimum atomic E-state index is -1.18. The molecule has 114 valence electrons. The molecule has 0 saturated carbocycles. The van der Waals surface area contributed by atoms with Crippen LogP contribution in [0.4, 0.5) is 0 Å². The van der Waals surface area contributed by atoms with E-state index >= 15 is 0 Å². The number of nitrogens with zero attached hydrogens (tertiary/aromatic N) is 2. The minimum absolute atomic E-state index is 0.210. The van der Waals surface area contributed by atoms with Crippen molar-refractivity contribution < 1.29 is 14.7 Å². The third-order valence-corrected chi connectivity index (χ3v) is 4.82. The van der Waals surface area contributed by atoms with Gasteiger partial charge in [-0.1, -0.05) is 18.2 Å². The minimum Gasteiger partial charge on any atom is -0.479 e. The van der Waals surface area contributed by atoms with Gasteiger partial charge in [0, 0.05) is 11.9 Å². The summed E-state index contributed by atoms with van der Waals surface area (Å²) in [6.45, 7) is 0. The van der Waals surface area contributed by atoms with E-state index < -0.39 is 17.4 Å². The Hall–Kier alpha value is -2.28. The van der Waals surface area contributed by atoms with Crippen LogP contribution in [0, 0.1) is 0 Å². The topological polar surface area (TPSA) is 84.2 Å². The first-order valence-corrected chi connectivity index (χ1v) is 8.01. The Labute approximate surface area is 131 Å². The number of carboxylic acid groups (broad SMARTS) is 1. The Bertz CT molecular complexity index is 693. The van der Waals surface area contributed by atoms with Gasteiger partial charge in [-0.2, -0.15) is 16.9 Å². The fourth-order valence-electron chi connectivity index (χ4n) is 2.34. The first-order chi connectivity index (χ1) is 10.6. The van der Waals surface area contributed by atoms with Crippen molar-refractivity contribution in [2.24, 2.45) is 0 Å². The lowest BCUT2D eigenvalue weighted by atomic mass is 9.99. The summed E-state index contributed by atoms with van der Waals surface area (Å²) in [5.74, 6) is -0.341. The lowest BCUT2D eigenvalue weighted by Crippen LogP contribution is -2.54. The van der Waals surface area contributed by atoms with E-state index in [0.29, 0.717) is 12.2 Å². The molecule has 22 heavy (non-hydrogen) atoms. The quantitative estimate of drug-likeness (QED) is 0.894. The molecular formula is C15H15N3O3S. The molecule has 2 N–H and O–H groups in total. The average Bonchev–Trinajstić information content (AvgIpc) is 3.18. The molecule has 1 fully saturated rings. The van der Waals surface area contributed by atoms with Gasteiger partial charge >= 0.3 is 5.97 Å². The van der Waals surface area contributed by atoms with Crippen LogP contribution in [-0.4, -0.2) is 43.8 Å². The smallest absolute Gasteiger partial charge is 0.330 e. The van der Waals surface area contributed by atoms with Gasteiger partial charge in [-0.15, -0.1) is 0 Å². The van der Waals surface area contributed by atoms with Gasteiger partial charge in [-0.3, -0.25) is 4.79 Å². The van der Waals surface area contributed by atoms with E-state index in [1.54, 1.807) is 16.9 Å². The maximum atomic E-state index is 12.3. The van der Waals surface area contributed by atoms with Gasteiger partial charge in [-0.25, -0.2) is 9.48 Å². The van der Waals surface area contributed by atoms with Crippen LogP contribution in [0.2, 0.25) is 0 Å². The Morgan fingerprint density at radius 3 is 2.68 bits per heavy atom. The molecular weight excluding hydrogens is 302 g/mol. The number of amides is 1. The number of aromatic nitrogens is 2. The first-order valence-electron chi connectivity index (χ1n) is 6.85. The van der Waals surface area contributed by atoms with Crippen LogP contribution in [0.15, 0.2) is 42.6 Å². The number of benzene rings is 1. The molecule has 0 aliphatic carbocycles. The number of rotatable bonds is 4. The van der Waals surface area contributed by atoms with Gasteiger partial charge in [0.25, 0.3) is 5.91 Å². The maximum absolute atomic E-state index is 12.3. The molecule has 0 spiro atoms. The van der Waals surface area contributed by atoms with Crippen LogP contribution in [0.1, 0.15) is 16.9 Å². The van der Waals surface area contributed by atoms with Crippen LogP contribution >= 0.6 is 11.8 Å². The van der Waals surface area contributed by atoms with Gasteiger partial charge in [0.15, 0.2) is 5.69 Å². The highest BCUT2D eigenvalue weighted by Gasteiger charge is 2.43. The number of carboxylic acids is 1. The Kier molecular flexibility index (Phi) is 3.89. The fourth-order valence-corrected chi connectivity index (χ4v) is 3.66.